The van der Waals surface area contributed by atoms with Crippen LogP contribution in [0.2, 0.25) is 5.82 Å². The van der Waals surface area contributed by atoms with E-state index in [4.69, 9.17) is 9.31 Å². The standard InChI is InChI=1S/C10H23BO2/c1-7-10(6)11(12-8(2)3)13-9(4)5/h8-10H,7H2,1-6H3/t10-/m1/s1. The van der Waals surface area contributed by atoms with Crippen molar-refractivity contribution in [1.29, 1.82) is 0 Å². The maximum Gasteiger partial charge on any atom is 0.460 e. The molecule has 0 heterocycles. The van der Waals surface area contributed by atoms with Gasteiger partial charge < -0.3 is 9.31 Å². The summed E-state index contributed by atoms with van der Waals surface area (Å²) in [6.45, 7) is 12.5. The van der Waals surface area contributed by atoms with Crippen LogP contribution in [0, 0.1) is 0 Å². The molecule has 0 aliphatic carbocycles. The number of hydrogen-bond acceptors (Lipinski definition) is 2. The van der Waals surface area contributed by atoms with Crippen LogP contribution in [-0.4, -0.2) is 19.3 Å². The van der Waals surface area contributed by atoms with Gasteiger partial charge >= 0.3 is 7.12 Å². The topological polar surface area (TPSA) is 18.5 Å². The molecule has 78 valence electrons. The highest BCUT2D eigenvalue weighted by atomic mass is 16.6. The molecule has 0 saturated heterocycles. The van der Waals surface area contributed by atoms with Crippen molar-refractivity contribution in [1.82, 2.24) is 0 Å². The molecule has 2 nitrogen and oxygen atoms in total. The van der Waals surface area contributed by atoms with E-state index in [0.717, 1.165) is 6.42 Å². The van der Waals surface area contributed by atoms with Crippen molar-refractivity contribution in [2.24, 2.45) is 0 Å². The molecule has 0 rings (SSSR count). The lowest BCUT2D eigenvalue weighted by Crippen LogP contribution is -2.32. The largest absolute Gasteiger partial charge is 0.460 e. The maximum atomic E-state index is 5.69. The summed E-state index contributed by atoms with van der Waals surface area (Å²) in [5.74, 6) is 0.463. The molecular weight excluding hydrogens is 163 g/mol. The average molecular weight is 186 g/mol. The summed E-state index contributed by atoms with van der Waals surface area (Å²) in [6, 6.07) is 0. The van der Waals surface area contributed by atoms with Crippen LogP contribution in [0.4, 0.5) is 0 Å². The van der Waals surface area contributed by atoms with Crippen LogP contribution < -0.4 is 0 Å². The number of rotatable bonds is 6. The van der Waals surface area contributed by atoms with Gasteiger partial charge in [-0.3, -0.25) is 0 Å². The molecule has 0 aliphatic rings. The minimum absolute atomic E-state index is 0.0509. The number of hydrogen-bond donors (Lipinski definition) is 0. The van der Waals surface area contributed by atoms with E-state index in [1.54, 1.807) is 0 Å². The molecule has 0 aromatic heterocycles. The van der Waals surface area contributed by atoms with Gasteiger partial charge in [0.1, 0.15) is 0 Å². The molecule has 0 unspecified atom stereocenters. The third kappa shape index (κ3) is 6.11. The zero-order chi connectivity index (χ0) is 10.4. The SMILES string of the molecule is CC[C@@H](C)B(OC(C)C)OC(C)C. The lowest BCUT2D eigenvalue weighted by molar-refractivity contribution is 0.123. The predicted molar refractivity (Wildman–Crippen MR) is 57.9 cm³/mol. The van der Waals surface area contributed by atoms with Crippen molar-refractivity contribution in [2.45, 2.75) is 66.0 Å². The molecular formula is C10H23BO2. The first kappa shape index (κ1) is 13.0. The molecule has 13 heavy (non-hydrogen) atoms. The molecule has 0 aromatic carbocycles. The smallest absolute Gasteiger partial charge is 0.409 e. The Hall–Kier alpha value is -0.0151. The van der Waals surface area contributed by atoms with E-state index in [1.165, 1.54) is 0 Å². The van der Waals surface area contributed by atoms with Crippen LogP contribution in [0.3, 0.4) is 0 Å². The second kappa shape index (κ2) is 6.44. The van der Waals surface area contributed by atoms with E-state index in [-0.39, 0.29) is 19.3 Å². The van der Waals surface area contributed by atoms with Gasteiger partial charge in [0.05, 0.1) is 0 Å². The minimum Gasteiger partial charge on any atom is -0.409 e. The highest BCUT2D eigenvalue weighted by Crippen LogP contribution is 2.18. The van der Waals surface area contributed by atoms with Gasteiger partial charge in [0.15, 0.2) is 0 Å². The molecule has 0 fully saturated rings. The van der Waals surface area contributed by atoms with E-state index in [2.05, 4.69) is 13.8 Å². The Labute approximate surface area is 83.1 Å². The third-order valence-corrected chi connectivity index (χ3v) is 1.92. The monoisotopic (exact) mass is 186 g/mol. The van der Waals surface area contributed by atoms with Crippen LogP contribution >= 0.6 is 0 Å². The summed E-state index contributed by atoms with van der Waals surface area (Å²) in [7, 11) is -0.0509. The van der Waals surface area contributed by atoms with Gasteiger partial charge in [0.2, 0.25) is 0 Å². The zero-order valence-electron chi connectivity index (χ0n) is 9.83. The lowest BCUT2D eigenvalue weighted by atomic mass is 9.71. The Kier molecular flexibility index (Phi) is 6.43. The Morgan fingerprint density at radius 2 is 1.31 bits per heavy atom. The van der Waals surface area contributed by atoms with Gasteiger partial charge in [-0.2, -0.15) is 0 Å². The molecule has 0 amide bonds. The van der Waals surface area contributed by atoms with Gasteiger partial charge in [-0.05, 0) is 33.5 Å². The van der Waals surface area contributed by atoms with Crippen molar-refractivity contribution >= 4 is 7.12 Å². The Morgan fingerprint density at radius 3 is 1.54 bits per heavy atom. The van der Waals surface area contributed by atoms with Gasteiger partial charge in [-0.25, -0.2) is 0 Å². The van der Waals surface area contributed by atoms with Gasteiger partial charge in [0, 0.05) is 12.2 Å². The van der Waals surface area contributed by atoms with E-state index >= 15 is 0 Å². The summed E-state index contributed by atoms with van der Waals surface area (Å²) in [4.78, 5) is 0. The summed E-state index contributed by atoms with van der Waals surface area (Å²) < 4.78 is 11.4. The second-order valence-electron chi connectivity index (χ2n) is 4.12. The van der Waals surface area contributed by atoms with Crippen molar-refractivity contribution < 1.29 is 9.31 Å². The fourth-order valence-electron chi connectivity index (χ4n) is 1.03. The molecule has 0 spiro atoms. The van der Waals surface area contributed by atoms with E-state index in [1.807, 2.05) is 27.7 Å². The van der Waals surface area contributed by atoms with Crippen LogP contribution in [0.1, 0.15) is 48.0 Å². The molecule has 1 atom stereocenters. The molecule has 0 aliphatic heterocycles. The van der Waals surface area contributed by atoms with Crippen molar-refractivity contribution in [3.05, 3.63) is 0 Å². The fraction of sp³-hybridized carbons (Fsp3) is 1.00. The predicted octanol–water partition coefficient (Wildman–Crippen LogP) is 3.12. The third-order valence-electron chi connectivity index (χ3n) is 1.92. The first-order chi connectivity index (χ1) is 5.97. The van der Waals surface area contributed by atoms with E-state index in [0.29, 0.717) is 5.82 Å². The normalized spacial score (nSPS) is 13.8. The first-order valence-electron chi connectivity index (χ1n) is 5.28. The van der Waals surface area contributed by atoms with Gasteiger partial charge in [-0.1, -0.05) is 20.3 Å². The first-order valence-corrected chi connectivity index (χ1v) is 5.28. The highest BCUT2D eigenvalue weighted by Gasteiger charge is 2.27. The summed E-state index contributed by atoms with van der Waals surface area (Å²) in [5.41, 5.74) is 0. The van der Waals surface area contributed by atoms with Crippen molar-refractivity contribution in [2.75, 3.05) is 0 Å². The van der Waals surface area contributed by atoms with Crippen molar-refractivity contribution in [3.8, 4) is 0 Å². The second-order valence-corrected chi connectivity index (χ2v) is 4.12. The Bertz CT molecular complexity index is 116. The van der Waals surface area contributed by atoms with Crippen LogP contribution in [-0.2, 0) is 9.31 Å². The van der Waals surface area contributed by atoms with Crippen LogP contribution in [0.15, 0.2) is 0 Å². The zero-order valence-corrected chi connectivity index (χ0v) is 9.83. The van der Waals surface area contributed by atoms with Crippen molar-refractivity contribution in [3.63, 3.8) is 0 Å². The Balaban J connectivity index is 4.02. The average Bonchev–Trinajstić information content (AvgIpc) is 2.00. The molecule has 0 aromatic rings. The molecule has 0 saturated carbocycles. The van der Waals surface area contributed by atoms with E-state index < -0.39 is 0 Å². The van der Waals surface area contributed by atoms with Gasteiger partial charge in [0.25, 0.3) is 0 Å². The maximum absolute atomic E-state index is 5.69. The molecule has 0 bridgehead atoms. The lowest BCUT2D eigenvalue weighted by Gasteiger charge is -2.23. The quantitative estimate of drug-likeness (QED) is 0.593. The summed E-state index contributed by atoms with van der Waals surface area (Å²) in [6.07, 6.45) is 1.56. The minimum atomic E-state index is -0.0509. The highest BCUT2D eigenvalue weighted by molar-refractivity contribution is 6.46. The molecule has 0 radical (unpaired) electrons. The molecule has 0 N–H and O–H groups in total. The van der Waals surface area contributed by atoms with Crippen LogP contribution in [0.25, 0.3) is 0 Å². The fourth-order valence-corrected chi connectivity index (χ4v) is 1.03. The summed E-state index contributed by atoms with van der Waals surface area (Å²) in [5, 5.41) is 0. The van der Waals surface area contributed by atoms with E-state index in [9.17, 15) is 0 Å². The van der Waals surface area contributed by atoms with Crippen LogP contribution in [0.5, 0.6) is 0 Å². The Morgan fingerprint density at radius 1 is 0.923 bits per heavy atom. The molecule has 3 heteroatoms. The summed E-state index contributed by atoms with van der Waals surface area (Å²) >= 11 is 0. The van der Waals surface area contributed by atoms with Gasteiger partial charge in [-0.15, -0.1) is 0 Å².